The van der Waals surface area contributed by atoms with Crippen LogP contribution < -0.4 is 25.5 Å². The van der Waals surface area contributed by atoms with Crippen LogP contribution in [-0.4, -0.2) is 39.8 Å². The number of benzene rings is 2. The summed E-state index contributed by atoms with van der Waals surface area (Å²) in [5.41, 5.74) is 7.00. The van der Waals surface area contributed by atoms with Crippen LogP contribution in [0.25, 0.3) is 10.9 Å². The van der Waals surface area contributed by atoms with E-state index >= 15 is 0 Å². The van der Waals surface area contributed by atoms with Crippen molar-refractivity contribution >= 4 is 28.6 Å². The second-order valence-corrected chi connectivity index (χ2v) is 9.39. The van der Waals surface area contributed by atoms with Crippen molar-refractivity contribution in [1.29, 1.82) is 0 Å². The van der Waals surface area contributed by atoms with Crippen molar-refractivity contribution in [1.82, 2.24) is 19.5 Å². The molecule has 2 aromatic carbocycles. The first-order chi connectivity index (χ1) is 19.1. The van der Waals surface area contributed by atoms with Crippen LogP contribution in [0.1, 0.15) is 17.7 Å². The SMILES string of the molecule is COc1ccccc1CSc1nc2ccc(OCCCOc3ccnc(N)n3)cc2c(=O)n1Cc1ccco1. The first-order valence-corrected chi connectivity index (χ1v) is 13.2. The molecule has 2 N–H and O–H groups in total. The lowest BCUT2D eigenvalue weighted by Crippen LogP contribution is -2.24. The van der Waals surface area contributed by atoms with E-state index in [1.807, 2.05) is 36.4 Å². The van der Waals surface area contributed by atoms with Crippen LogP contribution in [0, 0.1) is 0 Å². The Hall–Kier alpha value is -4.51. The molecular weight excluding hydrogens is 518 g/mol. The van der Waals surface area contributed by atoms with Crippen molar-refractivity contribution < 1.29 is 18.6 Å². The highest BCUT2D eigenvalue weighted by Crippen LogP contribution is 2.28. The van der Waals surface area contributed by atoms with Gasteiger partial charge in [0, 0.05) is 30.0 Å². The zero-order valence-electron chi connectivity index (χ0n) is 21.3. The minimum atomic E-state index is -0.172. The highest BCUT2D eigenvalue weighted by molar-refractivity contribution is 7.98. The minimum Gasteiger partial charge on any atom is -0.496 e. The fourth-order valence-electron chi connectivity index (χ4n) is 3.90. The van der Waals surface area contributed by atoms with E-state index in [0.29, 0.717) is 58.8 Å². The quantitative estimate of drug-likeness (QED) is 0.135. The monoisotopic (exact) mass is 545 g/mol. The van der Waals surface area contributed by atoms with Crippen molar-refractivity contribution in [3.63, 3.8) is 0 Å². The molecule has 0 bridgehead atoms. The molecule has 0 saturated carbocycles. The van der Waals surface area contributed by atoms with E-state index in [9.17, 15) is 4.79 Å². The summed E-state index contributed by atoms with van der Waals surface area (Å²) in [6.07, 6.45) is 3.74. The number of ether oxygens (including phenoxy) is 3. The second-order valence-electron chi connectivity index (χ2n) is 8.45. The molecule has 200 valence electrons. The summed E-state index contributed by atoms with van der Waals surface area (Å²) in [5, 5.41) is 1.05. The molecule has 3 heterocycles. The number of nitrogens with zero attached hydrogens (tertiary/aromatic N) is 4. The van der Waals surface area contributed by atoms with Crippen molar-refractivity contribution in [2.75, 3.05) is 26.1 Å². The van der Waals surface area contributed by atoms with E-state index in [1.54, 1.807) is 48.4 Å². The van der Waals surface area contributed by atoms with Crippen LogP contribution in [0.5, 0.6) is 17.4 Å². The first-order valence-electron chi connectivity index (χ1n) is 12.3. The van der Waals surface area contributed by atoms with Crippen LogP contribution in [0.2, 0.25) is 0 Å². The number of aromatic nitrogens is 4. The summed E-state index contributed by atoms with van der Waals surface area (Å²) in [7, 11) is 1.64. The molecule has 0 aliphatic carbocycles. The third kappa shape index (κ3) is 6.50. The molecule has 0 aliphatic heterocycles. The number of furan rings is 1. The summed E-state index contributed by atoms with van der Waals surface area (Å²) < 4.78 is 24.1. The molecule has 0 spiro atoms. The van der Waals surface area contributed by atoms with Crippen molar-refractivity contribution in [2.45, 2.75) is 23.9 Å². The normalized spacial score (nSPS) is 11.0. The zero-order valence-corrected chi connectivity index (χ0v) is 22.1. The van der Waals surface area contributed by atoms with Gasteiger partial charge < -0.3 is 24.4 Å². The van der Waals surface area contributed by atoms with Crippen LogP contribution in [-0.2, 0) is 12.3 Å². The molecule has 0 aliphatic rings. The minimum absolute atomic E-state index is 0.160. The Kier molecular flexibility index (Phi) is 8.27. The Bertz CT molecular complexity index is 1610. The van der Waals surface area contributed by atoms with E-state index in [4.69, 9.17) is 29.3 Å². The van der Waals surface area contributed by atoms with Gasteiger partial charge in [0.1, 0.15) is 17.3 Å². The molecule has 3 aromatic heterocycles. The largest absolute Gasteiger partial charge is 0.496 e. The van der Waals surface area contributed by atoms with Crippen molar-refractivity contribution in [3.8, 4) is 17.4 Å². The number of nitrogens with two attached hydrogens (primary N) is 1. The van der Waals surface area contributed by atoms with Gasteiger partial charge in [0.25, 0.3) is 5.56 Å². The Balaban J connectivity index is 1.33. The molecule has 0 saturated heterocycles. The van der Waals surface area contributed by atoms with Crippen molar-refractivity contribution in [3.05, 3.63) is 94.8 Å². The lowest BCUT2D eigenvalue weighted by Gasteiger charge is -2.14. The van der Waals surface area contributed by atoms with Crippen LogP contribution in [0.15, 0.2) is 87.5 Å². The second kappa shape index (κ2) is 12.4. The lowest BCUT2D eigenvalue weighted by molar-refractivity contribution is 0.242. The van der Waals surface area contributed by atoms with Crippen LogP contribution in [0.3, 0.4) is 0 Å². The summed E-state index contributed by atoms with van der Waals surface area (Å²) in [6, 6.07) is 18.4. The van der Waals surface area contributed by atoms with Crippen LogP contribution in [0.4, 0.5) is 5.95 Å². The summed E-state index contributed by atoms with van der Waals surface area (Å²) in [6.45, 7) is 1.06. The molecule has 5 aromatic rings. The maximum absolute atomic E-state index is 13.7. The van der Waals surface area contributed by atoms with Gasteiger partial charge in [-0.15, -0.1) is 0 Å². The smallest absolute Gasteiger partial charge is 0.262 e. The highest BCUT2D eigenvalue weighted by Gasteiger charge is 2.15. The Labute approximate surface area is 228 Å². The van der Waals surface area contributed by atoms with E-state index < -0.39 is 0 Å². The molecule has 10 nitrogen and oxygen atoms in total. The fourth-order valence-corrected chi connectivity index (χ4v) is 4.89. The summed E-state index contributed by atoms with van der Waals surface area (Å²) in [5.74, 6) is 3.19. The third-order valence-electron chi connectivity index (χ3n) is 5.79. The predicted octanol–water partition coefficient (Wildman–Crippen LogP) is 4.56. The third-order valence-corrected chi connectivity index (χ3v) is 6.82. The maximum Gasteiger partial charge on any atom is 0.262 e. The van der Waals surface area contributed by atoms with E-state index in [1.165, 1.54) is 11.8 Å². The maximum atomic E-state index is 13.7. The summed E-state index contributed by atoms with van der Waals surface area (Å²) >= 11 is 1.47. The number of para-hydroxylation sites is 1. The fraction of sp³-hybridized carbons (Fsp3) is 0.214. The Morgan fingerprint density at radius 1 is 1.03 bits per heavy atom. The summed E-state index contributed by atoms with van der Waals surface area (Å²) in [4.78, 5) is 26.3. The Morgan fingerprint density at radius 2 is 1.90 bits per heavy atom. The van der Waals surface area contributed by atoms with Gasteiger partial charge in [-0.2, -0.15) is 4.98 Å². The molecule has 0 atom stereocenters. The van der Waals surface area contributed by atoms with Gasteiger partial charge in [-0.25, -0.2) is 9.97 Å². The van der Waals surface area contributed by atoms with Gasteiger partial charge >= 0.3 is 0 Å². The topological polar surface area (TPSA) is 128 Å². The van der Waals surface area contributed by atoms with Crippen LogP contribution >= 0.6 is 11.8 Å². The zero-order chi connectivity index (χ0) is 27.0. The van der Waals surface area contributed by atoms with E-state index in [0.717, 1.165) is 11.3 Å². The highest BCUT2D eigenvalue weighted by atomic mass is 32.2. The van der Waals surface area contributed by atoms with Gasteiger partial charge in [-0.1, -0.05) is 30.0 Å². The van der Waals surface area contributed by atoms with Gasteiger partial charge in [0.15, 0.2) is 5.16 Å². The Morgan fingerprint density at radius 3 is 2.72 bits per heavy atom. The molecule has 0 fully saturated rings. The molecule has 0 unspecified atom stereocenters. The molecule has 0 radical (unpaired) electrons. The number of thioether (sulfide) groups is 1. The number of fused-ring (bicyclic) bond motifs is 1. The average molecular weight is 546 g/mol. The number of nitrogen functional groups attached to an aromatic ring is 1. The number of methoxy groups -OCH3 is 1. The number of anilines is 1. The molecule has 0 amide bonds. The van der Waals surface area contributed by atoms with Gasteiger partial charge in [-0.3, -0.25) is 9.36 Å². The predicted molar refractivity (Wildman–Crippen MR) is 148 cm³/mol. The molecule has 39 heavy (non-hydrogen) atoms. The standard InChI is InChI=1S/C28H27N5O5S/c1-35-24-8-3-2-6-19(24)18-39-28-31-23-10-9-20(36-14-5-15-38-25-11-12-30-27(29)32-25)16-22(23)26(34)33(28)17-21-7-4-13-37-21/h2-4,6-13,16H,5,14-15,17-18H2,1H3,(H2,29,30,32). The average Bonchev–Trinajstić information content (AvgIpc) is 3.47. The van der Waals surface area contributed by atoms with Gasteiger partial charge in [0.2, 0.25) is 11.8 Å². The first kappa shape index (κ1) is 26.1. The van der Waals surface area contributed by atoms with Gasteiger partial charge in [0.05, 0.1) is 44.0 Å². The lowest BCUT2D eigenvalue weighted by atomic mass is 10.2. The van der Waals surface area contributed by atoms with Gasteiger partial charge in [-0.05, 0) is 36.4 Å². The molecular formula is C28H27N5O5S. The van der Waals surface area contributed by atoms with E-state index in [-0.39, 0.29) is 18.1 Å². The van der Waals surface area contributed by atoms with Crippen molar-refractivity contribution in [2.24, 2.45) is 0 Å². The molecule has 11 heteroatoms. The number of hydrogen-bond acceptors (Lipinski definition) is 10. The number of rotatable bonds is 12. The molecule has 5 rings (SSSR count). The van der Waals surface area contributed by atoms with E-state index in [2.05, 4.69) is 9.97 Å². The number of hydrogen-bond donors (Lipinski definition) is 1.